The van der Waals surface area contributed by atoms with Crippen LogP contribution in [-0.2, 0) is 4.74 Å². The Kier molecular flexibility index (Phi) is 4.39. The summed E-state index contributed by atoms with van der Waals surface area (Å²) in [6.07, 6.45) is 6.12. The van der Waals surface area contributed by atoms with E-state index in [1.807, 2.05) is 0 Å². The van der Waals surface area contributed by atoms with Gasteiger partial charge in [0.25, 0.3) is 0 Å². The Morgan fingerprint density at radius 3 is 2.42 bits per heavy atom. The molecule has 2 aliphatic carbocycles. The molecule has 2 aliphatic rings. The van der Waals surface area contributed by atoms with Gasteiger partial charge >= 0.3 is 0 Å². The minimum absolute atomic E-state index is 0.199. The SMILES string of the molecule is CCOC1CC(N=C(N)N(C)C2CC2)C1(CC)CC. The molecule has 0 aromatic carbocycles. The Balaban J connectivity index is 2.05. The van der Waals surface area contributed by atoms with Crippen LogP contribution in [0.1, 0.15) is 52.9 Å². The van der Waals surface area contributed by atoms with E-state index in [-0.39, 0.29) is 5.41 Å². The largest absolute Gasteiger partial charge is 0.378 e. The number of nitrogens with zero attached hydrogens (tertiary/aromatic N) is 2. The highest BCUT2D eigenvalue weighted by molar-refractivity contribution is 5.78. The molecule has 0 aromatic heterocycles. The van der Waals surface area contributed by atoms with Gasteiger partial charge in [0.15, 0.2) is 5.96 Å². The maximum Gasteiger partial charge on any atom is 0.191 e. The average Bonchev–Trinajstić information content (AvgIpc) is 3.22. The van der Waals surface area contributed by atoms with E-state index in [0.29, 0.717) is 24.1 Å². The molecule has 0 amide bonds. The minimum atomic E-state index is 0.199. The van der Waals surface area contributed by atoms with Gasteiger partial charge < -0.3 is 15.4 Å². The lowest BCUT2D eigenvalue weighted by atomic mass is 9.59. The van der Waals surface area contributed by atoms with Crippen LogP contribution < -0.4 is 5.73 Å². The Morgan fingerprint density at radius 1 is 1.32 bits per heavy atom. The predicted molar refractivity (Wildman–Crippen MR) is 79.2 cm³/mol. The van der Waals surface area contributed by atoms with Gasteiger partial charge in [-0.2, -0.15) is 0 Å². The first-order valence-corrected chi connectivity index (χ1v) is 7.76. The number of hydrogen-bond donors (Lipinski definition) is 1. The highest BCUT2D eigenvalue weighted by atomic mass is 16.5. The third kappa shape index (κ3) is 2.60. The lowest BCUT2D eigenvalue weighted by Crippen LogP contribution is -2.57. The van der Waals surface area contributed by atoms with Crippen molar-refractivity contribution in [2.24, 2.45) is 16.1 Å². The molecular weight excluding hydrogens is 238 g/mol. The van der Waals surface area contributed by atoms with Crippen molar-refractivity contribution >= 4 is 5.96 Å². The van der Waals surface area contributed by atoms with E-state index in [1.165, 1.54) is 12.8 Å². The second kappa shape index (κ2) is 5.70. The van der Waals surface area contributed by atoms with E-state index in [4.69, 9.17) is 15.5 Å². The molecular formula is C15H29N3O. The summed E-state index contributed by atoms with van der Waals surface area (Å²) < 4.78 is 5.88. The zero-order valence-electron chi connectivity index (χ0n) is 12.9. The lowest BCUT2D eigenvalue weighted by molar-refractivity contribution is -0.127. The fraction of sp³-hybridized carbons (Fsp3) is 0.933. The monoisotopic (exact) mass is 267 g/mol. The van der Waals surface area contributed by atoms with E-state index < -0.39 is 0 Å². The quantitative estimate of drug-likeness (QED) is 0.594. The van der Waals surface area contributed by atoms with Crippen LogP contribution in [0.3, 0.4) is 0 Å². The third-order valence-corrected chi connectivity index (χ3v) is 5.17. The second-order valence-electron chi connectivity index (χ2n) is 5.97. The number of aliphatic imine (C=N–C) groups is 1. The van der Waals surface area contributed by atoms with Gasteiger partial charge in [-0.05, 0) is 39.0 Å². The summed E-state index contributed by atoms with van der Waals surface area (Å²) in [7, 11) is 2.06. The van der Waals surface area contributed by atoms with E-state index in [1.54, 1.807) is 0 Å². The summed E-state index contributed by atoms with van der Waals surface area (Å²) in [6, 6.07) is 0.962. The molecule has 110 valence electrons. The van der Waals surface area contributed by atoms with Crippen molar-refractivity contribution in [3.63, 3.8) is 0 Å². The first-order valence-electron chi connectivity index (χ1n) is 7.76. The molecule has 2 N–H and O–H groups in total. The fourth-order valence-electron chi connectivity index (χ4n) is 3.42. The Morgan fingerprint density at radius 2 is 1.95 bits per heavy atom. The molecule has 2 saturated carbocycles. The van der Waals surface area contributed by atoms with Gasteiger partial charge in [0.2, 0.25) is 0 Å². The number of nitrogens with two attached hydrogens (primary N) is 1. The van der Waals surface area contributed by atoms with Crippen LogP contribution >= 0.6 is 0 Å². The van der Waals surface area contributed by atoms with Crippen LogP contribution in [0.5, 0.6) is 0 Å². The molecule has 0 radical (unpaired) electrons. The van der Waals surface area contributed by atoms with Crippen molar-refractivity contribution in [1.29, 1.82) is 0 Å². The van der Waals surface area contributed by atoms with Crippen LogP contribution in [0.25, 0.3) is 0 Å². The molecule has 0 heterocycles. The molecule has 0 saturated heterocycles. The first-order chi connectivity index (χ1) is 9.08. The summed E-state index contributed by atoms with van der Waals surface area (Å²) in [5.41, 5.74) is 6.35. The summed E-state index contributed by atoms with van der Waals surface area (Å²) in [4.78, 5) is 6.95. The summed E-state index contributed by atoms with van der Waals surface area (Å²) in [6.45, 7) is 7.36. The lowest BCUT2D eigenvalue weighted by Gasteiger charge is -2.53. The van der Waals surface area contributed by atoms with Crippen molar-refractivity contribution in [1.82, 2.24) is 4.90 Å². The van der Waals surface area contributed by atoms with Crippen molar-refractivity contribution in [2.75, 3.05) is 13.7 Å². The maximum absolute atomic E-state index is 6.15. The highest BCUT2D eigenvalue weighted by Crippen LogP contribution is 2.50. The van der Waals surface area contributed by atoms with Gasteiger partial charge in [-0.3, -0.25) is 0 Å². The van der Waals surface area contributed by atoms with Gasteiger partial charge in [0.1, 0.15) is 0 Å². The predicted octanol–water partition coefficient (Wildman–Crippen LogP) is 2.38. The second-order valence-corrected chi connectivity index (χ2v) is 5.97. The van der Waals surface area contributed by atoms with Gasteiger partial charge in [-0.25, -0.2) is 4.99 Å². The summed E-state index contributed by atoms with van der Waals surface area (Å²) in [5.74, 6) is 0.716. The van der Waals surface area contributed by atoms with Crippen molar-refractivity contribution < 1.29 is 4.74 Å². The van der Waals surface area contributed by atoms with E-state index >= 15 is 0 Å². The van der Waals surface area contributed by atoms with Crippen LogP contribution in [-0.4, -0.2) is 42.7 Å². The van der Waals surface area contributed by atoms with Crippen LogP contribution in [0.15, 0.2) is 4.99 Å². The molecule has 0 bridgehead atoms. The molecule has 19 heavy (non-hydrogen) atoms. The first kappa shape index (κ1) is 14.6. The number of rotatable bonds is 6. The summed E-state index contributed by atoms with van der Waals surface area (Å²) >= 11 is 0. The van der Waals surface area contributed by atoms with E-state index in [0.717, 1.165) is 25.9 Å². The third-order valence-electron chi connectivity index (χ3n) is 5.17. The molecule has 2 fully saturated rings. The normalized spacial score (nSPS) is 30.0. The van der Waals surface area contributed by atoms with Crippen LogP contribution in [0, 0.1) is 5.41 Å². The van der Waals surface area contributed by atoms with Crippen molar-refractivity contribution in [2.45, 2.75) is 71.1 Å². The van der Waals surface area contributed by atoms with Crippen molar-refractivity contribution in [3.8, 4) is 0 Å². The number of hydrogen-bond acceptors (Lipinski definition) is 2. The van der Waals surface area contributed by atoms with E-state index in [2.05, 4.69) is 32.7 Å². The Labute approximate surface area is 117 Å². The standard InChI is InChI=1S/C15H29N3O/c1-5-15(6-2)12(10-13(15)19-7-3)17-14(16)18(4)11-8-9-11/h11-13H,5-10H2,1-4H3,(H2,16,17). The average molecular weight is 267 g/mol. The smallest absolute Gasteiger partial charge is 0.191 e. The van der Waals surface area contributed by atoms with Crippen LogP contribution in [0.2, 0.25) is 0 Å². The van der Waals surface area contributed by atoms with Gasteiger partial charge in [-0.15, -0.1) is 0 Å². The summed E-state index contributed by atoms with van der Waals surface area (Å²) in [5, 5.41) is 0. The van der Waals surface area contributed by atoms with Crippen molar-refractivity contribution in [3.05, 3.63) is 0 Å². The molecule has 4 heteroatoms. The molecule has 0 spiro atoms. The Hall–Kier alpha value is -0.770. The Bertz CT molecular complexity index is 334. The fourth-order valence-corrected chi connectivity index (χ4v) is 3.42. The molecule has 0 aromatic rings. The van der Waals surface area contributed by atoms with Gasteiger partial charge in [0, 0.05) is 25.1 Å². The maximum atomic E-state index is 6.15. The topological polar surface area (TPSA) is 50.9 Å². The van der Waals surface area contributed by atoms with Gasteiger partial charge in [0.05, 0.1) is 12.1 Å². The zero-order chi connectivity index (χ0) is 14.0. The van der Waals surface area contributed by atoms with Crippen LogP contribution in [0.4, 0.5) is 0 Å². The molecule has 4 nitrogen and oxygen atoms in total. The minimum Gasteiger partial charge on any atom is -0.378 e. The van der Waals surface area contributed by atoms with E-state index in [9.17, 15) is 0 Å². The number of ether oxygens (including phenoxy) is 1. The molecule has 2 unspecified atom stereocenters. The molecule has 0 aliphatic heterocycles. The highest BCUT2D eigenvalue weighted by Gasteiger charge is 2.53. The molecule has 2 rings (SSSR count). The van der Waals surface area contributed by atoms with Gasteiger partial charge in [-0.1, -0.05) is 13.8 Å². The molecule has 2 atom stereocenters. The zero-order valence-corrected chi connectivity index (χ0v) is 12.9. The number of guanidine groups is 1.